The molecule has 0 saturated carbocycles. The Morgan fingerprint density at radius 2 is 1.66 bits per heavy atom. The molecule has 3 aromatic rings. The molecule has 4 rings (SSSR count). The number of rotatable bonds is 5. The van der Waals surface area contributed by atoms with E-state index in [-0.39, 0.29) is 5.25 Å². The largest absolute Gasteiger partial charge is 0.298 e. The minimum absolute atomic E-state index is 0.100. The van der Waals surface area contributed by atoms with Crippen LogP contribution in [0.5, 0.6) is 0 Å². The first-order valence-corrected chi connectivity index (χ1v) is 11.1. The van der Waals surface area contributed by atoms with Crippen molar-refractivity contribution in [1.29, 1.82) is 0 Å². The number of carbonyl (C=O) groups is 1. The summed E-state index contributed by atoms with van der Waals surface area (Å²) in [7, 11) is 0. The lowest BCUT2D eigenvalue weighted by Crippen LogP contribution is -2.29. The monoisotopic (exact) mass is 399 g/mol. The van der Waals surface area contributed by atoms with Crippen LogP contribution in [0.3, 0.4) is 0 Å². The first-order chi connectivity index (χ1) is 14.1. The summed E-state index contributed by atoms with van der Waals surface area (Å²) in [4.78, 5) is 17.2. The predicted molar refractivity (Wildman–Crippen MR) is 127 cm³/mol. The molecule has 0 radical (unpaired) electrons. The molecule has 1 atom stereocenters. The summed E-state index contributed by atoms with van der Waals surface area (Å²) in [6, 6.07) is 17.0. The van der Waals surface area contributed by atoms with Crippen LogP contribution in [0.25, 0.3) is 32.8 Å². The molecule has 0 aliphatic carbocycles. The molecule has 0 N–H and O–H groups in total. The number of hydrogen-bond acceptors (Lipinski definition) is 3. The quantitative estimate of drug-likeness (QED) is 0.541. The molecule has 3 aromatic carbocycles. The normalized spacial score (nSPS) is 14.3. The molecule has 1 aliphatic rings. The van der Waals surface area contributed by atoms with Gasteiger partial charge in [0.2, 0.25) is 0 Å². The van der Waals surface area contributed by atoms with Gasteiger partial charge in [0.25, 0.3) is 0 Å². The minimum Gasteiger partial charge on any atom is -0.298 e. The van der Waals surface area contributed by atoms with Gasteiger partial charge in [-0.25, -0.2) is 4.99 Å². The fourth-order valence-electron chi connectivity index (χ4n) is 3.95. The van der Waals surface area contributed by atoms with Crippen molar-refractivity contribution in [3.63, 3.8) is 0 Å². The van der Waals surface area contributed by atoms with Crippen LogP contribution in [0.4, 0.5) is 0 Å². The molecule has 0 amide bonds. The Bertz CT molecular complexity index is 1300. The number of hydrogen-bond donors (Lipinski definition) is 0. The molecular weight excluding hydrogens is 374 g/mol. The molecule has 0 saturated heterocycles. The lowest BCUT2D eigenvalue weighted by Gasteiger charge is -2.13. The lowest BCUT2D eigenvalue weighted by molar-refractivity contribution is -0.118. The zero-order valence-electron chi connectivity index (χ0n) is 17.2. The van der Waals surface area contributed by atoms with Gasteiger partial charge in [0.15, 0.2) is 0 Å². The van der Waals surface area contributed by atoms with E-state index >= 15 is 0 Å². The molecule has 1 unspecified atom stereocenters. The van der Waals surface area contributed by atoms with Gasteiger partial charge in [-0.2, -0.15) is 0 Å². The highest BCUT2D eigenvalue weighted by Gasteiger charge is 2.19. The maximum atomic E-state index is 12.5. The first-order valence-electron chi connectivity index (χ1n) is 10.2. The number of ketones is 1. The van der Waals surface area contributed by atoms with Crippen molar-refractivity contribution >= 4 is 55.4 Å². The summed E-state index contributed by atoms with van der Waals surface area (Å²) in [5.74, 6) is 0.299. The van der Waals surface area contributed by atoms with Crippen molar-refractivity contribution in [2.75, 3.05) is 0 Å². The van der Waals surface area contributed by atoms with Crippen LogP contribution in [-0.4, -0.2) is 16.1 Å². The summed E-state index contributed by atoms with van der Waals surface area (Å²) >= 11 is 1.57. The van der Waals surface area contributed by atoms with Crippen molar-refractivity contribution in [1.82, 2.24) is 0 Å². The van der Waals surface area contributed by atoms with Gasteiger partial charge in [-0.15, -0.1) is 0 Å². The van der Waals surface area contributed by atoms with Crippen LogP contribution < -0.4 is 10.4 Å². The van der Waals surface area contributed by atoms with Crippen molar-refractivity contribution in [3.05, 3.63) is 65.2 Å². The maximum absolute atomic E-state index is 12.5. The summed E-state index contributed by atoms with van der Waals surface area (Å²) < 4.78 is 0. The lowest BCUT2D eigenvalue weighted by atomic mass is 9.96. The number of thioether (sulfide) groups is 1. The van der Waals surface area contributed by atoms with E-state index in [9.17, 15) is 4.79 Å². The molecule has 1 aliphatic heterocycles. The van der Waals surface area contributed by atoms with E-state index in [0.29, 0.717) is 12.2 Å². The molecule has 3 heteroatoms. The third-order valence-electron chi connectivity index (χ3n) is 5.54. The molecule has 0 fully saturated rings. The number of carbonyl (C=O) groups excluding carboxylic acids is 1. The van der Waals surface area contributed by atoms with Gasteiger partial charge in [-0.1, -0.05) is 79.4 Å². The van der Waals surface area contributed by atoms with Gasteiger partial charge in [0, 0.05) is 16.9 Å². The van der Waals surface area contributed by atoms with Crippen LogP contribution in [0.1, 0.15) is 40.0 Å². The molecule has 146 valence electrons. The number of fused-ring (bicyclic) bond motifs is 6. The SMILES string of the molecule is CCCCC(=O)C(C)SC1=NC=C=c2c(c3ccccc3c3ccccc23)=C1C. The van der Waals surface area contributed by atoms with Crippen LogP contribution in [0.15, 0.2) is 59.7 Å². The van der Waals surface area contributed by atoms with Gasteiger partial charge in [-0.3, -0.25) is 4.79 Å². The Morgan fingerprint density at radius 1 is 1.03 bits per heavy atom. The van der Waals surface area contributed by atoms with E-state index in [0.717, 1.165) is 28.7 Å². The highest BCUT2D eigenvalue weighted by atomic mass is 32.2. The van der Waals surface area contributed by atoms with Gasteiger partial charge < -0.3 is 0 Å². The van der Waals surface area contributed by atoms with E-state index in [1.807, 2.05) is 6.92 Å². The zero-order chi connectivity index (χ0) is 20.4. The second kappa shape index (κ2) is 8.41. The second-order valence-electron chi connectivity index (χ2n) is 7.50. The van der Waals surface area contributed by atoms with E-state index in [1.165, 1.54) is 26.8 Å². The first kappa shape index (κ1) is 19.7. The molecule has 0 aromatic heterocycles. The highest BCUT2D eigenvalue weighted by Crippen LogP contribution is 2.24. The summed E-state index contributed by atoms with van der Waals surface area (Å²) in [6.07, 6.45) is 4.40. The van der Waals surface area contributed by atoms with Gasteiger partial charge in [0.1, 0.15) is 10.8 Å². The molecule has 0 bridgehead atoms. The standard InChI is InChI=1S/C26H25NOS/c1-4-5-14-24(28)18(3)29-26-17(2)25-22-13-9-8-11-20(22)19-10-6-7-12-21(19)23(25)15-16-27-26/h6-13,16,18H,4-5,14H2,1-3H3. The smallest absolute Gasteiger partial charge is 0.145 e. The predicted octanol–water partition coefficient (Wildman–Crippen LogP) is 5.35. The second-order valence-corrected chi connectivity index (χ2v) is 8.83. The number of Topliss-reactive ketones (excluding diaryl/α,β-unsaturated/α-hetero) is 1. The van der Waals surface area contributed by atoms with E-state index < -0.39 is 0 Å². The van der Waals surface area contributed by atoms with Crippen LogP contribution in [0.2, 0.25) is 0 Å². The average molecular weight is 400 g/mol. The number of unbranched alkanes of at least 4 members (excludes halogenated alkanes) is 1. The Labute approximate surface area is 175 Å². The van der Waals surface area contributed by atoms with E-state index in [2.05, 4.69) is 73.1 Å². The molecule has 2 nitrogen and oxygen atoms in total. The molecule has 29 heavy (non-hydrogen) atoms. The Kier molecular flexibility index (Phi) is 5.71. The zero-order valence-corrected chi connectivity index (χ0v) is 18.0. The average Bonchev–Trinajstić information content (AvgIpc) is 2.91. The third kappa shape index (κ3) is 3.69. The summed E-state index contributed by atoms with van der Waals surface area (Å²) in [5.41, 5.74) is 4.54. The fraction of sp³-hybridized carbons (Fsp3) is 0.269. The molecule has 0 spiro atoms. The van der Waals surface area contributed by atoms with Crippen molar-refractivity contribution in [2.45, 2.75) is 45.3 Å². The maximum Gasteiger partial charge on any atom is 0.145 e. The Hall–Kier alpha value is -2.61. The Morgan fingerprint density at radius 3 is 2.34 bits per heavy atom. The van der Waals surface area contributed by atoms with E-state index in [1.54, 1.807) is 18.0 Å². The fourth-order valence-corrected chi connectivity index (χ4v) is 4.92. The van der Waals surface area contributed by atoms with Gasteiger partial charge in [-0.05, 0) is 47.4 Å². The molecular formula is C26H25NOS. The summed E-state index contributed by atoms with van der Waals surface area (Å²) in [6.45, 7) is 6.23. The van der Waals surface area contributed by atoms with Crippen LogP contribution >= 0.6 is 11.8 Å². The van der Waals surface area contributed by atoms with Crippen molar-refractivity contribution in [3.8, 4) is 0 Å². The van der Waals surface area contributed by atoms with Gasteiger partial charge >= 0.3 is 0 Å². The van der Waals surface area contributed by atoms with Gasteiger partial charge in [0.05, 0.1) is 11.4 Å². The Balaban J connectivity index is 1.92. The van der Waals surface area contributed by atoms with Crippen molar-refractivity contribution in [2.24, 2.45) is 4.99 Å². The van der Waals surface area contributed by atoms with Crippen LogP contribution in [0, 0.1) is 0 Å². The van der Waals surface area contributed by atoms with E-state index in [4.69, 9.17) is 0 Å². The third-order valence-corrected chi connectivity index (χ3v) is 6.79. The molecule has 1 heterocycles. The number of benzene rings is 3. The topological polar surface area (TPSA) is 29.4 Å². The minimum atomic E-state index is -0.100. The van der Waals surface area contributed by atoms with Crippen molar-refractivity contribution < 1.29 is 4.79 Å². The number of nitrogens with zero attached hydrogens (tertiary/aromatic N) is 1. The summed E-state index contributed by atoms with van der Waals surface area (Å²) in [5, 5.41) is 7.93. The highest BCUT2D eigenvalue weighted by molar-refractivity contribution is 8.16. The number of aliphatic imine (C=N–C) groups is 1. The van der Waals surface area contributed by atoms with Crippen LogP contribution in [-0.2, 0) is 4.79 Å².